The summed E-state index contributed by atoms with van der Waals surface area (Å²) in [4.78, 5) is 3.05. The van der Waals surface area contributed by atoms with Crippen molar-refractivity contribution in [3.05, 3.63) is 46.4 Å². The van der Waals surface area contributed by atoms with E-state index in [0.29, 0.717) is 5.56 Å². The Hall–Kier alpha value is -1.70. The topological polar surface area (TPSA) is 97.7 Å². The average molecular weight is 598 g/mol. The predicted octanol–water partition coefficient (Wildman–Crippen LogP) is 5.96. The van der Waals surface area contributed by atoms with Crippen molar-refractivity contribution in [2.75, 3.05) is 13.6 Å². The molecule has 0 bridgehead atoms. The van der Waals surface area contributed by atoms with Crippen LogP contribution in [0.2, 0.25) is 0 Å². The van der Waals surface area contributed by atoms with Crippen molar-refractivity contribution in [1.29, 1.82) is 0 Å². The molecule has 210 valence electrons. The maximum atomic E-state index is 14.8. The number of sulfone groups is 2. The van der Waals surface area contributed by atoms with Crippen LogP contribution in [-0.4, -0.2) is 56.3 Å². The number of benzene rings is 1. The smallest absolute Gasteiger partial charge is 0.312 e. The number of rotatable bonds is 7. The first-order valence-electron chi connectivity index (χ1n) is 10.9. The fraction of sp³-hybridized carbons (Fsp3) is 0.571. The van der Waals surface area contributed by atoms with Gasteiger partial charge < -0.3 is 4.57 Å². The van der Waals surface area contributed by atoms with E-state index in [4.69, 9.17) is 0 Å². The number of unbranched alkanes of at least 4 members (excludes halogenated alkanes) is 1. The van der Waals surface area contributed by atoms with E-state index in [9.17, 15) is 47.7 Å². The molecular formula is C21H28F6N2O5PS2+. The van der Waals surface area contributed by atoms with Crippen LogP contribution in [0, 0.1) is 0 Å². The number of aliphatic imine (C=N–C) groups is 1. The largest absolute Gasteiger partial charge is 0.508 e. The number of quaternary nitrogens is 1. The van der Waals surface area contributed by atoms with Crippen LogP contribution >= 0.6 is 7.14 Å². The predicted molar refractivity (Wildman–Crippen MR) is 128 cm³/mol. The summed E-state index contributed by atoms with van der Waals surface area (Å²) in [6.07, 6.45) is -0.333. The highest BCUT2D eigenvalue weighted by molar-refractivity contribution is 8.06. The molecule has 37 heavy (non-hydrogen) atoms. The number of alkyl halides is 6. The second-order valence-corrected chi connectivity index (χ2v) is 17.0. The molecule has 1 aliphatic rings. The third-order valence-corrected chi connectivity index (χ3v) is 13.5. The van der Waals surface area contributed by atoms with Crippen LogP contribution in [0.15, 0.2) is 45.8 Å². The maximum Gasteiger partial charge on any atom is 0.508 e. The van der Waals surface area contributed by atoms with Gasteiger partial charge in [0.25, 0.3) is 9.84 Å². The van der Waals surface area contributed by atoms with E-state index in [1.165, 1.54) is 45.0 Å². The number of hydrogen-bond acceptors (Lipinski definition) is 6. The van der Waals surface area contributed by atoms with Crippen LogP contribution in [0.1, 0.15) is 46.1 Å². The molecule has 16 heteroatoms. The first-order chi connectivity index (χ1) is 16.5. The summed E-state index contributed by atoms with van der Waals surface area (Å²) in [6, 6.07) is 7.59. The van der Waals surface area contributed by atoms with Gasteiger partial charge in [0.15, 0.2) is 7.14 Å². The van der Waals surface area contributed by atoms with Gasteiger partial charge in [-0.15, -0.1) is 0 Å². The quantitative estimate of drug-likeness (QED) is 0.220. The van der Waals surface area contributed by atoms with Crippen molar-refractivity contribution in [3.8, 4) is 0 Å². The molecule has 7 nitrogen and oxygen atoms in total. The first-order valence-corrected chi connectivity index (χ1v) is 15.8. The summed E-state index contributed by atoms with van der Waals surface area (Å²) in [6.45, 7) is 5.00. The van der Waals surface area contributed by atoms with Crippen molar-refractivity contribution >= 4 is 32.0 Å². The molecule has 0 amide bonds. The molecule has 0 aliphatic carbocycles. The normalized spacial score (nSPS) is 21.6. The third-order valence-electron chi connectivity index (χ3n) is 6.02. The zero-order valence-electron chi connectivity index (χ0n) is 20.7. The lowest BCUT2D eigenvalue weighted by atomic mass is 10.2. The summed E-state index contributed by atoms with van der Waals surface area (Å²) >= 11 is 0. The second kappa shape index (κ2) is 9.80. The van der Waals surface area contributed by atoms with Crippen LogP contribution < -0.4 is 0 Å². The standard InChI is InChI=1S/C21H28F6N2O5PS2/c1-6-7-13-29(5)17(35(30,19(2,3)4)14-15-11-9-8-10-12-15)16(36(31,32)20(22,23)24)28-18(29)37(33,34)21(25,26)27/h8-12H,6-7,13-14H2,1-5H3/q+1. The van der Waals surface area contributed by atoms with Gasteiger partial charge in [-0.2, -0.15) is 31.3 Å². The number of amidine groups is 1. The molecule has 0 radical (unpaired) electrons. The lowest BCUT2D eigenvalue weighted by Crippen LogP contribution is -2.53. The fourth-order valence-corrected chi connectivity index (χ4v) is 10.1. The Morgan fingerprint density at radius 3 is 1.78 bits per heavy atom. The molecule has 0 fully saturated rings. The van der Waals surface area contributed by atoms with Crippen LogP contribution in [-0.2, 0) is 30.4 Å². The number of hydrogen-bond donors (Lipinski definition) is 0. The zero-order chi connectivity index (χ0) is 28.9. The molecule has 2 atom stereocenters. The number of halogens is 6. The average Bonchev–Trinajstić information content (AvgIpc) is 3.05. The molecular weight excluding hydrogens is 569 g/mol. The number of nitrogens with zero attached hydrogens (tertiary/aromatic N) is 2. The van der Waals surface area contributed by atoms with Gasteiger partial charge in [0.05, 0.1) is 13.6 Å². The van der Waals surface area contributed by atoms with E-state index in [-0.39, 0.29) is 12.8 Å². The van der Waals surface area contributed by atoms with Crippen LogP contribution in [0.5, 0.6) is 0 Å². The summed E-state index contributed by atoms with van der Waals surface area (Å²) in [5.41, 5.74) is -12.9. The van der Waals surface area contributed by atoms with E-state index < -0.39 is 75.8 Å². The van der Waals surface area contributed by atoms with Gasteiger partial charge in [-0.3, -0.25) is 0 Å². The lowest BCUT2D eigenvalue weighted by Gasteiger charge is -2.40. The van der Waals surface area contributed by atoms with Crippen molar-refractivity contribution in [2.24, 2.45) is 4.99 Å². The summed E-state index contributed by atoms with van der Waals surface area (Å²) in [5.74, 6) is 0. The van der Waals surface area contributed by atoms with Crippen molar-refractivity contribution in [2.45, 2.75) is 62.9 Å². The van der Waals surface area contributed by atoms with E-state index >= 15 is 0 Å². The zero-order valence-corrected chi connectivity index (χ0v) is 23.2. The fourth-order valence-electron chi connectivity index (χ4n) is 3.92. The summed E-state index contributed by atoms with van der Waals surface area (Å²) in [5, 5.41) is -5.33. The van der Waals surface area contributed by atoms with Crippen molar-refractivity contribution in [1.82, 2.24) is 0 Å². The van der Waals surface area contributed by atoms with Crippen molar-refractivity contribution < 1.29 is 52.2 Å². The monoisotopic (exact) mass is 597 g/mol. The first kappa shape index (κ1) is 31.5. The van der Waals surface area contributed by atoms with Gasteiger partial charge in [-0.05, 0) is 12.0 Å². The van der Waals surface area contributed by atoms with Gasteiger partial charge in [0.1, 0.15) is 0 Å². The van der Waals surface area contributed by atoms with E-state index in [1.807, 2.05) is 0 Å². The SMILES string of the molecule is CCCC[N+]1(C)C(S(=O)(=O)C(F)(F)F)=NC(S(=O)(=O)C(F)(F)F)=C1P(=O)(Cc1ccccc1)C(C)(C)C. The Kier molecular flexibility index (Phi) is 8.35. The Morgan fingerprint density at radius 1 is 0.892 bits per heavy atom. The Balaban J connectivity index is 3.15. The van der Waals surface area contributed by atoms with Gasteiger partial charge in [-0.25, -0.2) is 21.3 Å². The van der Waals surface area contributed by atoms with Crippen molar-refractivity contribution in [3.63, 3.8) is 0 Å². The van der Waals surface area contributed by atoms with Gasteiger partial charge in [-0.1, -0.05) is 64.4 Å². The Bertz CT molecular complexity index is 1360. The molecule has 0 spiro atoms. The minimum atomic E-state index is -6.52. The minimum absolute atomic E-state index is 0.0405. The molecule has 1 aliphatic heterocycles. The lowest BCUT2D eigenvalue weighted by molar-refractivity contribution is -0.767. The van der Waals surface area contributed by atoms with E-state index in [2.05, 4.69) is 4.99 Å². The second-order valence-electron chi connectivity index (χ2n) is 9.74. The molecule has 2 unspecified atom stereocenters. The summed E-state index contributed by atoms with van der Waals surface area (Å²) < 4.78 is 146. The highest BCUT2D eigenvalue weighted by atomic mass is 32.2. The molecule has 2 rings (SSSR count). The maximum absolute atomic E-state index is 14.8. The van der Waals surface area contributed by atoms with Gasteiger partial charge in [0.2, 0.25) is 10.5 Å². The minimum Gasteiger partial charge on any atom is -0.312 e. The Morgan fingerprint density at radius 2 is 1.38 bits per heavy atom. The molecule has 1 heterocycles. The van der Waals surface area contributed by atoms with Crippen LogP contribution in [0.3, 0.4) is 0 Å². The van der Waals surface area contributed by atoms with Crippen LogP contribution in [0.25, 0.3) is 0 Å². The third kappa shape index (κ3) is 5.41. The molecule has 0 saturated carbocycles. The highest BCUT2D eigenvalue weighted by Crippen LogP contribution is 2.71. The molecule has 1 aromatic carbocycles. The van der Waals surface area contributed by atoms with Crippen LogP contribution in [0.4, 0.5) is 26.3 Å². The molecule has 0 saturated heterocycles. The molecule has 0 N–H and O–H groups in total. The van der Waals surface area contributed by atoms with E-state index in [0.717, 1.165) is 7.05 Å². The molecule has 0 aromatic heterocycles. The summed E-state index contributed by atoms with van der Waals surface area (Å²) in [7, 11) is -16.6. The highest BCUT2D eigenvalue weighted by Gasteiger charge is 2.67. The van der Waals surface area contributed by atoms with Gasteiger partial charge in [0, 0.05) is 11.3 Å². The Labute approximate surface area is 212 Å². The van der Waals surface area contributed by atoms with E-state index in [1.54, 1.807) is 13.0 Å². The molecule has 1 aromatic rings. The van der Waals surface area contributed by atoms with Gasteiger partial charge >= 0.3 is 26.0 Å².